The molecule has 35 heavy (non-hydrogen) atoms. The number of allylic oxidation sites excluding steroid dienone is 1. The van der Waals surface area contributed by atoms with Gasteiger partial charge in [-0.2, -0.15) is 0 Å². The molecule has 0 amide bonds. The normalized spacial score (nSPS) is 16.0. The van der Waals surface area contributed by atoms with E-state index in [0.717, 1.165) is 10.4 Å². The summed E-state index contributed by atoms with van der Waals surface area (Å²) in [7, 11) is -2.88. The van der Waals surface area contributed by atoms with E-state index in [0.29, 0.717) is 16.9 Å². The third-order valence-corrected chi connectivity index (χ3v) is 7.72. The highest BCUT2D eigenvalue weighted by molar-refractivity contribution is 7.92. The van der Waals surface area contributed by atoms with E-state index in [1.54, 1.807) is 37.3 Å². The van der Waals surface area contributed by atoms with Crippen molar-refractivity contribution in [2.45, 2.75) is 17.9 Å². The number of ether oxygens (including phenoxy) is 2. The number of nitrogens with two attached hydrogens (primary N) is 1. The van der Waals surface area contributed by atoms with Crippen molar-refractivity contribution in [3.63, 3.8) is 0 Å². The molecular weight excluding hydrogens is 498 g/mol. The van der Waals surface area contributed by atoms with Crippen molar-refractivity contribution in [3.05, 3.63) is 82.4 Å². The molecule has 0 aliphatic carbocycles. The lowest BCUT2D eigenvalue weighted by Crippen LogP contribution is -2.46. The van der Waals surface area contributed by atoms with Gasteiger partial charge in [0.05, 0.1) is 29.3 Å². The first-order valence-corrected chi connectivity index (χ1v) is 12.5. The lowest BCUT2D eigenvalue weighted by molar-refractivity contribution is 0.208. The van der Waals surface area contributed by atoms with Crippen LogP contribution in [-0.4, -0.2) is 34.7 Å². The number of methoxy groups -OCH3 is 1. The molecule has 1 heterocycles. The molecule has 0 fully saturated rings. The Kier molecular flexibility index (Phi) is 7.02. The first kappa shape index (κ1) is 25.0. The molecule has 1 unspecified atom stereocenters. The van der Waals surface area contributed by atoms with E-state index in [9.17, 15) is 17.2 Å². The number of halogens is 3. The van der Waals surface area contributed by atoms with Crippen LogP contribution in [0.2, 0.25) is 5.02 Å². The van der Waals surface area contributed by atoms with Gasteiger partial charge in [0.2, 0.25) is 0 Å². The molecule has 0 spiro atoms. The Hall–Kier alpha value is -3.14. The molecule has 0 radical (unpaired) electrons. The lowest BCUT2D eigenvalue weighted by Gasteiger charge is -2.35. The standard InChI is InChI=1S/C25H23ClF2N2O4S/c1-15(25-19(26)4-3-5-20(25)27)10-16-6-8-24-22(11-16)30(14-17(13-29)34-24)35(31,32)18-7-9-23(33-2)21(28)12-18/h3-12,17H,13-14,29H2,1-2H3. The van der Waals surface area contributed by atoms with Crippen molar-refractivity contribution < 1.29 is 26.7 Å². The number of hydrogen-bond acceptors (Lipinski definition) is 5. The van der Waals surface area contributed by atoms with Crippen molar-refractivity contribution in [3.8, 4) is 11.5 Å². The Morgan fingerprint density at radius 3 is 2.63 bits per heavy atom. The Bertz CT molecular complexity index is 1390. The number of nitrogens with zero attached hydrogens (tertiary/aromatic N) is 1. The lowest BCUT2D eigenvalue weighted by atomic mass is 10.0. The van der Waals surface area contributed by atoms with E-state index in [1.807, 2.05) is 0 Å². The van der Waals surface area contributed by atoms with E-state index in [4.69, 9.17) is 26.8 Å². The zero-order valence-electron chi connectivity index (χ0n) is 19.0. The van der Waals surface area contributed by atoms with Crippen molar-refractivity contribution in [1.29, 1.82) is 0 Å². The van der Waals surface area contributed by atoms with E-state index >= 15 is 0 Å². The fraction of sp³-hybridized carbons (Fsp3) is 0.200. The fourth-order valence-electron chi connectivity index (χ4n) is 3.90. The minimum atomic E-state index is -4.18. The number of hydrogen-bond donors (Lipinski definition) is 1. The van der Waals surface area contributed by atoms with Crippen molar-refractivity contribution in [2.75, 3.05) is 24.5 Å². The maximum Gasteiger partial charge on any atom is 0.264 e. The maximum absolute atomic E-state index is 14.4. The van der Waals surface area contributed by atoms with Crippen LogP contribution >= 0.6 is 11.6 Å². The van der Waals surface area contributed by atoms with Crippen LogP contribution in [0.25, 0.3) is 11.6 Å². The summed E-state index contributed by atoms with van der Waals surface area (Å²) in [6, 6.07) is 12.8. The van der Waals surface area contributed by atoms with E-state index in [2.05, 4.69) is 0 Å². The van der Waals surface area contributed by atoms with Crippen LogP contribution in [0.4, 0.5) is 14.5 Å². The summed E-state index contributed by atoms with van der Waals surface area (Å²) in [5.41, 5.74) is 7.43. The van der Waals surface area contributed by atoms with Crippen LogP contribution in [0.3, 0.4) is 0 Å². The highest BCUT2D eigenvalue weighted by Crippen LogP contribution is 2.39. The van der Waals surface area contributed by atoms with Crippen molar-refractivity contribution in [1.82, 2.24) is 0 Å². The topological polar surface area (TPSA) is 81.9 Å². The summed E-state index contributed by atoms with van der Waals surface area (Å²) in [5.74, 6) is -1.03. The average molecular weight is 521 g/mol. The number of anilines is 1. The second-order valence-corrected chi connectivity index (χ2v) is 10.2. The molecular formula is C25H23ClF2N2O4S. The minimum Gasteiger partial charge on any atom is -0.494 e. The second kappa shape index (κ2) is 9.85. The summed E-state index contributed by atoms with van der Waals surface area (Å²) < 4.78 is 67.7. The average Bonchev–Trinajstić information content (AvgIpc) is 2.83. The van der Waals surface area contributed by atoms with E-state index < -0.39 is 27.8 Å². The SMILES string of the molecule is COc1ccc(S(=O)(=O)N2CC(CN)Oc3ccc(C=C(C)c4c(F)cccc4Cl)cc32)cc1F. The van der Waals surface area contributed by atoms with Gasteiger partial charge in [0.1, 0.15) is 17.7 Å². The van der Waals surface area contributed by atoms with Gasteiger partial charge in [-0.3, -0.25) is 4.31 Å². The van der Waals surface area contributed by atoms with Gasteiger partial charge in [0.15, 0.2) is 11.6 Å². The van der Waals surface area contributed by atoms with Crippen LogP contribution < -0.4 is 19.5 Å². The zero-order valence-corrected chi connectivity index (χ0v) is 20.5. The number of fused-ring (bicyclic) bond motifs is 1. The highest BCUT2D eigenvalue weighted by atomic mass is 35.5. The van der Waals surface area contributed by atoms with Gasteiger partial charge in [-0.25, -0.2) is 17.2 Å². The third-order valence-electron chi connectivity index (χ3n) is 5.63. The summed E-state index contributed by atoms with van der Waals surface area (Å²) in [6.07, 6.45) is 1.10. The van der Waals surface area contributed by atoms with E-state index in [1.165, 1.54) is 31.4 Å². The molecule has 3 aromatic rings. The monoisotopic (exact) mass is 520 g/mol. The van der Waals surface area contributed by atoms with Gasteiger partial charge in [0, 0.05) is 12.1 Å². The molecule has 1 aliphatic heterocycles. The Labute approximate surface area is 207 Å². The molecule has 4 rings (SSSR count). The Morgan fingerprint density at radius 2 is 1.97 bits per heavy atom. The molecule has 1 aliphatic rings. The van der Waals surface area contributed by atoms with Crippen LogP contribution in [-0.2, 0) is 10.0 Å². The zero-order chi connectivity index (χ0) is 25.3. The minimum absolute atomic E-state index is 0.0647. The molecule has 0 saturated heterocycles. The van der Waals surface area contributed by atoms with Gasteiger partial charge in [-0.05, 0) is 60.5 Å². The predicted octanol–water partition coefficient (Wildman–Crippen LogP) is 5.10. The molecule has 3 aromatic carbocycles. The summed E-state index contributed by atoms with van der Waals surface area (Å²) >= 11 is 6.18. The molecule has 1 atom stereocenters. The molecule has 0 saturated carbocycles. The van der Waals surface area contributed by atoms with Crippen LogP contribution in [0, 0.1) is 11.6 Å². The summed E-state index contributed by atoms with van der Waals surface area (Å²) in [4.78, 5) is -0.241. The highest BCUT2D eigenvalue weighted by Gasteiger charge is 2.34. The third kappa shape index (κ3) is 4.84. The predicted molar refractivity (Wildman–Crippen MR) is 132 cm³/mol. The first-order chi connectivity index (χ1) is 16.6. The Balaban J connectivity index is 1.79. The van der Waals surface area contributed by atoms with Gasteiger partial charge >= 0.3 is 0 Å². The van der Waals surface area contributed by atoms with Gasteiger partial charge in [-0.15, -0.1) is 0 Å². The molecule has 2 N–H and O–H groups in total. The van der Waals surface area contributed by atoms with Crippen LogP contribution in [0.5, 0.6) is 11.5 Å². The van der Waals surface area contributed by atoms with Crippen LogP contribution in [0.15, 0.2) is 59.5 Å². The Morgan fingerprint density at radius 1 is 1.20 bits per heavy atom. The number of rotatable bonds is 6. The maximum atomic E-state index is 14.4. The number of benzene rings is 3. The summed E-state index contributed by atoms with van der Waals surface area (Å²) in [5, 5.41) is 0.261. The van der Waals surface area contributed by atoms with E-state index in [-0.39, 0.29) is 40.0 Å². The van der Waals surface area contributed by atoms with Crippen molar-refractivity contribution in [2.24, 2.45) is 5.73 Å². The molecule has 0 bridgehead atoms. The van der Waals surface area contributed by atoms with Gasteiger partial charge in [0.25, 0.3) is 10.0 Å². The fourth-order valence-corrected chi connectivity index (χ4v) is 5.72. The molecule has 10 heteroatoms. The van der Waals surface area contributed by atoms with Crippen molar-refractivity contribution >= 4 is 39.0 Å². The molecule has 0 aromatic heterocycles. The van der Waals surface area contributed by atoms with Gasteiger partial charge in [-0.1, -0.05) is 29.8 Å². The largest absolute Gasteiger partial charge is 0.494 e. The first-order valence-electron chi connectivity index (χ1n) is 10.7. The smallest absolute Gasteiger partial charge is 0.264 e. The summed E-state index contributed by atoms with van der Waals surface area (Å²) in [6.45, 7) is 1.72. The molecule has 184 valence electrons. The van der Waals surface area contributed by atoms with Gasteiger partial charge < -0.3 is 15.2 Å². The molecule has 6 nitrogen and oxygen atoms in total. The van der Waals surface area contributed by atoms with Crippen LogP contribution in [0.1, 0.15) is 18.1 Å². The second-order valence-electron chi connectivity index (χ2n) is 7.96. The quantitative estimate of drug-likeness (QED) is 0.457. The number of sulfonamides is 1.